The van der Waals surface area contributed by atoms with Crippen molar-refractivity contribution in [3.8, 4) is 0 Å². The first kappa shape index (κ1) is 16.5. The fourth-order valence-electron chi connectivity index (χ4n) is 3.04. The maximum Gasteiger partial charge on any atom is 0.228 e. The number of nitrogens with zero attached hydrogens (tertiary/aromatic N) is 1. The summed E-state index contributed by atoms with van der Waals surface area (Å²) in [4.78, 5) is 14.7. The number of para-hydroxylation sites is 2. The molecule has 2 aromatic carbocycles. The summed E-state index contributed by atoms with van der Waals surface area (Å²) in [6, 6.07) is 16.4. The molecule has 1 aliphatic heterocycles. The van der Waals surface area contributed by atoms with Crippen molar-refractivity contribution in [3.63, 3.8) is 0 Å². The first-order valence-electron chi connectivity index (χ1n) is 8.53. The molecular weight excluding hydrogens is 298 g/mol. The lowest BCUT2D eigenvalue weighted by molar-refractivity contribution is -0.119. The Balaban J connectivity index is 1.77. The molecule has 0 saturated heterocycles. The Morgan fingerprint density at radius 3 is 2.67 bits per heavy atom. The molecule has 0 radical (unpaired) electrons. The van der Waals surface area contributed by atoms with Gasteiger partial charge in [0.2, 0.25) is 5.91 Å². The van der Waals surface area contributed by atoms with E-state index < -0.39 is 0 Å². The van der Waals surface area contributed by atoms with Crippen molar-refractivity contribution in [1.29, 1.82) is 0 Å². The van der Waals surface area contributed by atoms with Crippen molar-refractivity contribution in [2.75, 3.05) is 16.8 Å². The molecule has 1 amide bonds. The second kappa shape index (κ2) is 7.05. The van der Waals surface area contributed by atoms with Gasteiger partial charge in [-0.1, -0.05) is 43.3 Å². The number of fused-ring (bicyclic) bond motifs is 1. The van der Waals surface area contributed by atoms with Crippen LogP contribution in [0.4, 0.5) is 11.4 Å². The van der Waals surface area contributed by atoms with Crippen LogP contribution in [0.15, 0.2) is 48.5 Å². The Hall–Kier alpha value is -2.33. The average Bonchev–Trinajstić information content (AvgIpc) is 2.99. The number of carbonyl (C=O) groups excluding carboxylic acids is 1. The van der Waals surface area contributed by atoms with Crippen LogP contribution in [0.2, 0.25) is 0 Å². The van der Waals surface area contributed by atoms with Crippen LogP contribution in [0.1, 0.15) is 25.0 Å². The molecule has 1 heterocycles. The van der Waals surface area contributed by atoms with Gasteiger partial charge in [0.15, 0.2) is 0 Å². The molecule has 1 aliphatic rings. The largest absolute Gasteiger partial charge is 0.367 e. The molecule has 4 nitrogen and oxygen atoms in total. The van der Waals surface area contributed by atoms with Crippen LogP contribution in [-0.4, -0.2) is 18.5 Å². The fourth-order valence-corrected chi connectivity index (χ4v) is 3.04. The van der Waals surface area contributed by atoms with Gasteiger partial charge in [0.25, 0.3) is 0 Å². The fraction of sp³-hybridized carbons (Fsp3) is 0.350. The zero-order chi connectivity index (χ0) is 17.1. The quantitative estimate of drug-likeness (QED) is 0.888. The van der Waals surface area contributed by atoms with Gasteiger partial charge in [-0.15, -0.1) is 0 Å². The molecule has 2 unspecified atom stereocenters. The molecular formula is C20H25N3O. The average molecular weight is 323 g/mol. The highest BCUT2D eigenvalue weighted by Gasteiger charge is 2.21. The minimum absolute atomic E-state index is 0.0285. The molecule has 24 heavy (non-hydrogen) atoms. The van der Waals surface area contributed by atoms with Crippen molar-refractivity contribution in [1.82, 2.24) is 0 Å². The number of nitrogens with two attached hydrogens (primary N) is 1. The Kier molecular flexibility index (Phi) is 4.86. The normalized spacial score (nSPS) is 15.7. The number of benzene rings is 2. The standard InChI is InChI=1S/C20H25N3O/c1-14(15(2)21)20(24)22-18-9-5-3-8-17(18)13-23-12-11-16-7-4-6-10-19(16)23/h3-10,14-15H,11-13,21H2,1-2H3,(H,22,24). The molecule has 0 aromatic heterocycles. The van der Waals surface area contributed by atoms with Gasteiger partial charge in [0.05, 0.1) is 5.92 Å². The van der Waals surface area contributed by atoms with E-state index in [1.807, 2.05) is 32.0 Å². The number of carbonyl (C=O) groups is 1. The number of hydrogen-bond acceptors (Lipinski definition) is 3. The molecule has 0 aliphatic carbocycles. The zero-order valence-electron chi connectivity index (χ0n) is 14.3. The number of hydrogen-bond donors (Lipinski definition) is 2. The van der Waals surface area contributed by atoms with E-state index in [2.05, 4.69) is 40.5 Å². The molecule has 0 saturated carbocycles. The first-order chi connectivity index (χ1) is 11.6. The van der Waals surface area contributed by atoms with Crippen LogP contribution in [0, 0.1) is 5.92 Å². The third-order valence-corrected chi connectivity index (χ3v) is 4.82. The molecule has 2 aromatic rings. The second-order valence-electron chi connectivity index (χ2n) is 6.59. The molecule has 3 rings (SSSR count). The van der Waals surface area contributed by atoms with Crippen LogP contribution in [0.5, 0.6) is 0 Å². The summed E-state index contributed by atoms with van der Waals surface area (Å²) in [6.07, 6.45) is 1.08. The molecule has 4 heteroatoms. The summed E-state index contributed by atoms with van der Waals surface area (Å²) in [5.41, 5.74) is 10.5. The van der Waals surface area contributed by atoms with Gasteiger partial charge in [0, 0.05) is 30.5 Å². The van der Waals surface area contributed by atoms with Gasteiger partial charge in [-0.2, -0.15) is 0 Å². The van der Waals surface area contributed by atoms with E-state index in [1.165, 1.54) is 11.3 Å². The number of amides is 1. The Morgan fingerprint density at radius 1 is 1.17 bits per heavy atom. The third kappa shape index (κ3) is 3.44. The van der Waals surface area contributed by atoms with Crippen molar-refractivity contribution >= 4 is 17.3 Å². The number of anilines is 2. The summed E-state index contributed by atoms with van der Waals surface area (Å²) in [5, 5.41) is 3.04. The SMILES string of the molecule is CC(N)C(C)C(=O)Nc1ccccc1CN1CCc2ccccc21. The third-order valence-electron chi connectivity index (χ3n) is 4.82. The van der Waals surface area contributed by atoms with E-state index in [0.29, 0.717) is 0 Å². The van der Waals surface area contributed by atoms with Gasteiger partial charge < -0.3 is 16.0 Å². The predicted octanol–water partition coefficient (Wildman–Crippen LogP) is 3.17. The molecule has 0 fully saturated rings. The summed E-state index contributed by atoms with van der Waals surface area (Å²) in [6.45, 7) is 5.52. The Labute approximate surface area is 143 Å². The van der Waals surface area contributed by atoms with Crippen LogP contribution >= 0.6 is 0 Å². The highest BCUT2D eigenvalue weighted by atomic mass is 16.1. The Morgan fingerprint density at radius 2 is 1.88 bits per heavy atom. The minimum atomic E-state index is -0.217. The van der Waals surface area contributed by atoms with E-state index in [4.69, 9.17) is 5.73 Å². The summed E-state index contributed by atoms with van der Waals surface area (Å²) in [5.74, 6) is -0.246. The van der Waals surface area contributed by atoms with Crippen molar-refractivity contribution < 1.29 is 4.79 Å². The van der Waals surface area contributed by atoms with Crippen molar-refractivity contribution in [2.45, 2.75) is 32.9 Å². The smallest absolute Gasteiger partial charge is 0.228 e. The van der Waals surface area contributed by atoms with E-state index in [-0.39, 0.29) is 17.9 Å². The van der Waals surface area contributed by atoms with Crippen molar-refractivity contribution in [2.24, 2.45) is 11.7 Å². The van der Waals surface area contributed by atoms with Crippen LogP contribution in [0.3, 0.4) is 0 Å². The molecule has 0 spiro atoms. The zero-order valence-corrected chi connectivity index (χ0v) is 14.3. The summed E-state index contributed by atoms with van der Waals surface area (Å²) in [7, 11) is 0. The van der Waals surface area contributed by atoms with Crippen molar-refractivity contribution in [3.05, 3.63) is 59.7 Å². The first-order valence-corrected chi connectivity index (χ1v) is 8.53. The number of rotatable bonds is 5. The maximum absolute atomic E-state index is 12.3. The summed E-state index contributed by atoms with van der Waals surface area (Å²) >= 11 is 0. The molecule has 2 atom stereocenters. The van der Waals surface area contributed by atoms with Gasteiger partial charge in [-0.3, -0.25) is 4.79 Å². The van der Waals surface area contributed by atoms with Gasteiger partial charge in [0.1, 0.15) is 0 Å². The second-order valence-corrected chi connectivity index (χ2v) is 6.59. The van der Waals surface area contributed by atoms with Gasteiger partial charge in [-0.05, 0) is 36.6 Å². The van der Waals surface area contributed by atoms with E-state index in [9.17, 15) is 4.79 Å². The van der Waals surface area contributed by atoms with E-state index in [1.54, 1.807) is 0 Å². The van der Waals surface area contributed by atoms with Crippen LogP contribution in [0.25, 0.3) is 0 Å². The van der Waals surface area contributed by atoms with Gasteiger partial charge >= 0.3 is 0 Å². The lowest BCUT2D eigenvalue weighted by Crippen LogP contribution is -2.34. The molecule has 3 N–H and O–H groups in total. The highest BCUT2D eigenvalue weighted by Crippen LogP contribution is 2.30. The summed E-state index contributed by atoms with van der Waals surface area (Å²) < 4.78 is 0. The van der Waals surface area contributed by atoms with E-state index in [0.717, 1.165) is 30.8 Å². The van der Waals surface area contributed by atoms with Crippen LogP contribution < -0.4 is 16.0 Å². The Bertz CT molecular complexity index is 726. The lowest BCUT2D eigenvalue weighted by Gasteiger charge is -2.22. The maximum atomic E-state index is 12.3. The lowest BCUT2D eigenvalue weighted by atomic mass is 10.0. The van der Waals surface area contributed by atoms with E-state index >= 15 is 0 Å². The number of nitrogens with one attached hydrogen (secondary N) is 1. The van der Waals surface area contributed by atoms with Gasteiger partial charge in [-0.25, -0.2) is 0 Å². The predicted molar refractivity (Wildman–Crippen MR) is 99.1 cm³/mol. The monoisotopic (exact) mass is 323 g/mol. The van der Waals surface area contributed by atoms with Crippen LogP contribution in [-0.2, 0) is 17.8 Å². The highest BCUT2D eigenvalue weighted by molar-refractivity contribution is 5.93. The minimum Gasteiger partial charge on any atom is -0.367 e. The molecule has 126 valence electrons. The topological polar surface area (TPSA) is 58.4 Å². The molecule has 0 bridgehead atoms.